The Morgan fingerprint density at radius 2 is 2.32 bits per heavy atom. The molecule has 0 bridgehead atoms. The SMILES string of the molecule is CC(C(=O)NC1CC1)n1c(N)nc2cc(Br)ccc21. The molecule has 1 aliphatic carbocycles. The molecular formula is C13H15BrN4O. The van der Waals surface area contributed by atoms with Crippen LogP contribution in [-0.2, 0) is 4.79 Å². The van der Waals surface area contributed by atoms with Crippen molar-refractivity contribution >= 4 is 38.8 Å². The van der Waals surface area contributed by atoms with Crippen molar-refractivity contribution in [2.45, 2.75) is 31.8 Å². The third-order valence-electron chi connectivity index (χ3n) is 3.37. The van der Waals surface area contributed by atoms with Gasteiger partial charge in [-0.1, -0.05) is 15.9 Å². The number of halogens is 1. The van der Waals surface area contributed by atoms with Gasteiger partial charge in [-0.2, -0.15) is 0 Å². The molecule has 0 spiro atoms. The number of hydrogen-bond acceptors (Lipinski definition) is 3. The van der Waals surface area contributed by atoms with Gasteiger partial charge < -0.3 is 11.1 Å². The number of imidazole rings is 1. The number of carbonyl (C=O) groups excluding carboxylic acids is 1. The first kappa shape index (κ1) is 12.5. The smallest absolute Gasteiger partial charge is 0.243 e. The summed E-state index contributed by atoms with van der Waals surface area (Å²) >= 11 is 3.40. The summed E-state index contributed by atoms with van der Waals surface area (Å²) in [5, 5.41) is 2.99. The van der Waals surface area contributed by atoms with Gasteiger partial charge in [-0.05, 0) is 38.0 Å². The van der Waals surface area contributed by atoms with E-state index in [1.54, 1.807) is 4.57 Å². The molecule has 1 amide bonds. The topological polar surface area (TPSA) is 72.9 Å². The minimum absolute atomic E-state index is 0.00332. The largest absolute Gasteiger partial charge is 0.369 e. The molecule has 100 valence electrons. The van der Waals surface area contributed by atoms with Crippen LogP contribution in [0.5, 0.6) is 0 Å². The number of nitrogen functional groups attached to an aromatic ring is 1. The molecular weight excluding hydrogens is 308 g/mol. The average Bonchev–Trinajstić information content (AvgIpc) is 3.10. The van der Waals surface area contributed by atoms with Crippen molar-refractivity contribution in [3.05, 3.63) is 22.7 Å². The number of amides is 1. The Kier molecular flexibility index (Phi) is 2.97. The van der Waals surface area contributed by atoms with E-state index in [9.17, 15) is 4.79 Å². The third-order valence-corrected chi connectivity index (χ3v) is 3.86. The Labute approximate surface area is 119 Å². The zero-order chi connectivity index (χ0) is 13.6. The monoisotopic (exact) mass is 322 g/mol. The standard InChI is InChI=1S/C13H15BrN4O/c1-7(12(19)16-9-3-4-9)18-11-5-2-8(14)6-10(11)17-13(18)15/h2,5-7,9H,3-4H2,1H3,(H2,15,17)(H,16,19). The number of hydrogen-bond donors (Lipinski definition) is 2. The summed E-state index contributed by atoms with van der Waals surface area (Å²) in [5.41, 5.74) is 7.61. The fourth-order valence-electron chi connectivity index (χ4n) is 2.16. The van der Waals surface area contributed by atoms with Gasteiger partial charge in [0.1, 0.15) is 6.04 Å². The van der Waals surface area contributed by atoms with Crippen LogP contribution in [0.2, 0.25) is 0 Å². The summed E-state index contributed by atoms with van der Waals surface area (Å²) in [6, 6.07) is 5.73. The Bertz CT molecular complexity index is 647. The van der Waals surface area contributed by atoms with E-state index in [0.29, 0.717) is 12.0 Å². The van der Waals surface area contributed by atoms with Crippen LogP contribution in [0.25, 0.3) is 11.0 Å². The molecule has 0 radical (unpaired) electrons. The minimum atomic E-state index is -0.355. The number of carbonyl (C=O) groups is 1. The molecule has 2 aromatic rings. The van der Waals surface area contributed by atoms with Gasteiger partial charge >= 0.3 is 0 Å². The first-order valence-electron chi connectivity index (χ1n) is 6.29. The molecule has 5 nitrogen and oxygen atoms in total. The lowest BCUT2D eigenvalue weighted by molar-refractivity contribution is -0.123. The maximum Gasteiger partial charge on any atom is 0.243 e. The predicted molar refractivity (Wildman–Crippen MR) is 77.7 cm³/mol. The molecule has 1 heterocycles. The van der Waals surface area contributed by atoms with Crippen LogP contribution in [0.3, 0.4) is 0 Å². The molecule has 3 N–H and O–H groups in total. The van der Waals surface area contributed by atoms with E-state index in [4.69, 9.17) is 5.73 Å². The second-order valence-electron chi connectivity index (χ2n) is 4.93. The highest BCUT2D eigenvalue weighted by atomic mass is 79.9. The van der Waals surface area contributed by atoms with Crippen LogP contribution in [0.4, 0.5) is 5.95 Å². The van der Waals surface area contributed by atoms with Crippen LogP contribution in [0, 0.1) is 0 Å². The zero-order valence-electron chi connectivity index (χ0n) is 10.6. The normalized spacial score (nSPS) is 16.5. The van der Waals surface area contributed by atoms with Gasteiger partial charge in [0.15, 0.2) is 0 Å². The van der Waals surface area contributed by atoms with Crippen LogP contribution in [0.1, 0.15) is 25.8 Å². The van der Waals surface area contributed by atoms with Crippen molar-refractivity contribution in [1.82, 2.24) is 14.9 Å². The van der Waals surface area contributed by atoms with Crippen LogP contribution in [0.15, 0.2) is 22.7 Å². The molecule has 1 fully saturated rings. The summed E-state index contributed by atoms with van der Waals surface area (Å²) in [7, 11) is 0. The van der Waals surface area contributed by atoms with E-state index in [2.05, 4.69) is 26.2 Å². The fraction of sp³-hybridized carbons (Fsp3) is 0.385. The maximum absolute atomic E-state index is 12.1. The maximum atomic E-state index is 12.1. The van der Waals surface area contributed by atoms with Crippen LogP contribution < -0.4 is 11.1 Å². The molecule has 0 saturated heterocycles. The highest BCUT2D eigenvalue weighted by Crippen LogP contribution is 2.26. The second kappa shape index (κ2) is 4.52. The van der Waals surface area contributed by atoms with Crippen LogP contribution >= 0.6 is 15.9 Å². The second-order valence-corrected chi connectivity index (χ2v) is 5.85. The van der Waals surface area contributed by atoms with Crippen molar-refractivity contribution < 1.29 is 4.79 Å². The minimum Gasteiger partial charge on any atom is -0.369 e. The van der Waals surface area contributed by atoms with Gasteiger partial charge in [-0.3, -0.25) is 9.36 Å². The number of rotatable bonds is 3. The van der Waals surface area contributed by atoms with E-state index in [1.165, 1.54) is 0 Å². The molecule has 1 unspecified atom stereocenters. The van der Waals surface area contributed by atoms with Gasteiger partial charge in [0.05, 0.1) is 11.0 Å². The Balaban J connectivity index is 1.98. The number of nitrogens with zero attached hydrogens (tertiary/aromatic N) is 2. The Morgan fingerprint density at radius 1 is 1.58 bits per heavy atom. The Morgan fingerprint density at radius 3 is 3.00 bits per heavy atom. The number of aromatic nitrogens is 2. The van der Waals surface area contributed by atoms with E-state index in [1.807, 2.05) is 25.1 Å². The number of nitrogens with one attached hydrogen (secondary N) is 1. The molecule has 6 heteroatoms. The number of nitrogens with two attached hydrogens (primary N) is 1. The van der Waals surface area contributed by atoms with Gasteiger partial charge in [-0.25, -0.2) is 4.98 Å². The zero-order valence-corrected chi connectivity index (χ0v) is 12.1. The average molecular weight is 323 g/mol. The van der Waals surface area contributed by atoms with E-state index in [0.717, 1.165) is 28.3 Å². The molecule has 1 saturated carbocycles. The van der Waals surface area contributed by atoms with E-state index in [-0.39, 0.29) is 11.9 Å². The molecule has 1 aromatic carbocycles. The lowest BCUT2D eigenvalue weighted by atomic mass is 10.2. The molecule has 1 aromatic heterocycles. The van der Waals surface area contributed by atoms with Crippen molar-refractivity contribution in [2.24, 2.45) is 0 Å². The fourth-order valence-corrected chi connectivity index (χ4v) is 2.51. The summed E-state index contributed by atoms with van der Waals surface area (Å²) in [5.74, 6) is 0.364. The first-order chi connectivity index (χ1) is 9.06. The highest BCUT2D eigenvalue weighted by molar-refractivity contribution is 9.10. The molecule has 0 aliphatic heterocycles. The van der Waals surface area contributed by atoms with Gasteiger partial charge in [0.25, 0.3) is 0 Å². The van der Waals surface area contributed by atoms with Crippen molar-refractivity contribution in [1.29, 1.82) is 0 Å². The molecule has 1 aliphatic rings. The van der Waals surface area contributed by atoms with E-state index < -0.39 is 0 Å². The molecule has 19 heavy (non-hydrogen) atoms. The van der Waals surface area contributed by atoms with Crippen molar-refractivity contribution in [2.75, 3.05) is 5.73 Å². The summed E-state index contributed by atoms with van der Waals surface area (Å²) in [4.78, 5) is 16.4. The first-order valence-corrected chi connectivity index (χ1v) is 7.09. The third kappa shape index (κ3) is 2.32. The van der Waals surface area contributed by atoms with Gasteiger partial charge in [-0.15, -0.1) is 0 Å². The summed E-state index contributed by atoms with van der Waals surface area (Å²) < 4.78 is 2.72. The quantitative estimate of drug-likeness (QED) is 0.910. The number of anilines is 1. The highest BCUT2D eigenvalue weighted by Gasteiger charge is 2.27. The summed E-state index contributed by atoms with van der Waals surface area (Å²) in [6.07, 6.45) is 2.15. The lowest BCUT2D eigenvalue weighted by Crippen LogP contribution is -2.32. The van der Waals surface area contributed by atoms with Gasteiger partial charge in [0.2, 0.25) is 11.9 Å². The van der Waals surface area contributed by atoms with Crippen LogP contribution in [-0.4, -0.2) is 21.5 Å². The number of fused-ring (bicyclic) bond motifs is 1. The predicted octanol–water partition coefficient (Wildman–Crippen LogP) is 2.22. The summed E-state index contributed by atoms with van der Waals surface area (Å²) in [6.45, 7) is 1.84. The molecule has 3 rings (SSSR count). The Hall–Kier alpha value is -1.56. The van der Waals surface area contributed by atoms with Crippen molar-refractivity contribution in [3.8, 4) is 0 Å². The number of benzene rings is 1. The lowest BCUT2D eigenvalue weighted by Gasteiger charge is -2.15. The molecule has 1 atom stereocenters. The van der Waals surface area contributed by atoms with Gasteiger partial charge in [0, 0.05) is 10.5 Å². The van der Waals surface area contributed by atoms with Crippen molar-refractivity contribution in [3.63, 3.8) is 0 Å². The van der Waals surface area contributed by atoms with E-state index >= 15 is 0 Å².